The van der Waals surface area contributed by atoms with Crippen molar-refractivity contribution in [1.82, 2.24) is 4.72 Å². The number of halogens is 2. The normalized spacial score (nSPS) is 11.3. The third-order valence-corrected chi connectivity index (χ3v) is 4.88. The van der Waals surface area contributed by atoms with Crippen LogP contribution in [0.2, 0.25) is 0 Å². The van der Waals surface area contributed by atoms with Crippen LogP contribution in [-0.4, -0.2) is 27.5 Å². The SMILES string of the molecule is CCOC(=O)CNS(=O)(=O)c1c(N)cc(Br)cc1Br. The number of nitrogen functional groups attached to an aromatic ring is 1. The van der Waals surface area contributed by atoms with E-state index in [4.69, 9.17) is 5.73 Å². The molecule has 0 heterocycles. The molecule has 1 rings (SSSR count). The fraction of sp³-hybridized carbons (Fsp3) is 0.300. The van der Waals surface area contributed by atoms with Gasteiger partial charge in [-0.15, -0.1) is 0 Å². The Morgan fingerprint density at radius 1 is 1.42 bits per heavy atom. The summed E-state index contributed by atoms with van der Waals surface area (Å²) in [5.41, 5.74) is 5.75. The molecule has 6 nitrogen and oxygen atoms in total. The molecule has 0 aliphatic carbocycles. The van der Waals surface area contributed by atoms with Gasteiger partial charge < -0.3 is 10.5 Å². The van der Waals surface area contributed by atoms with Gasteiger partial charge in [0, 0.05) is 8.95 Å². The first kappa shape index (κ1) is 16.4. The quantitative estimate of drug-likeness (QED) is 0.562. The molecule has 0 aliphatic heterocycles. The van der Waals surface area contributed by atoms with Crippen LogP contribution in [0, 0.1) is 0 Å². The predicted molar refractivity (Wildman–Crippen MR) is 78.1 cm³/mol. The highest BCUT2D eigenvalue weighted by atomic mass is 79.9. The summed E-state index contributed by atoms with van der Waals surface area (Å²) in [5, 5.41) is 0. The Morgan fingerprint density at radius 3 is 2.58 bits per heavy atom. The van der Waals surface area contributed by atoms with Crippen LogP contribution in [0.3, 0.4) is 0 Å². The fourth-order valence-electron chi connectivity index (χ4n) is 1.30. The monoisotopic (exact) mass is 414 g/mol. The predicted octanol–water partition coefficient (Wildman–Crippen LogP) is 1.64. The topological polar surface area (TPSA) is 98.5 Å². The summed E-state index contributed by atoms with van der Waals surface area (Å²) >= 11 is 6.32. The lowest BCUT2D eigenvalue weighted by Crippen LogP contribution is -2.31. The first-order chi connectivity index (χ1) is 8.77. The number of nitrogens with two attached hydrogens (primary N) is 1. The van der Waals surface area contributed by atoms with Crippen LogP contribution < -0.4 is 10.5 Å². The Kier molecular flexibility index (Phi) is 5.78. The number of esters is 1. The van der Waals surface area contributed by atoms with E-state index in [1.807, 2.05) is 0 Å². The van der Waals surface area contributed by atoms with Crippen molar-refractivity contribution in [2.24, 2.45) is 0 Å². The van der Waals surface area contributed by atoms with Gasteiger partial charge in [-0.3, -0.25) is 4.79 Å². The second kappa shape index (κ2) is 6.69. The van der Waals surface area contributed by atoms with Gasteiger partial charge in [0.05, 0.1) is 12.3 Å². The maximum Gasteiger partial charge on any atom is 0.321 e. The van der Waals surface area contributed by atoms with Gasteiger partial charge in [0.1, 0.15) is 11.4 Å². The molecule has 0 saturated carbocycles. The molecule has 1 aromatic carbocycles. The number of anilines is 1. The minimum absolute atomic E-state index is 0.0672. The molecule has 0 atom stereocenters. The minimum Gasteiger partial charge on any atom is -0.465 e. The van der Waals surface area contributed by atoms with Crippen LogP contribution in [0.4, 0.5) is 5.69 Å². The van der Waals surface area contributed by atoms with E-state index in [9.17, 15) is 13.2 Å². The van der Waals surface area contributed by atoms with Crippen molar-refractivity contribution in [3.63, 3.8) is 0 Å². The Bertz CT molecular complexity index is 566. The van der Waals surface area contributed by atoms with Gasteiger partial charge in [-0.1, -0.05) is 15.9 Å². The van der Waals surface area contributed by atoms with E-state index >= 15 is 0 Å². The number of benzene rings is 1. The van der Waals surface area contributed by atoms with Crippen LogP contribution >= 0.6 is 31.9 Å². The Balaban J connectivity index is 2.98. The Labute approximate surface area is 128 Å². The summed E-state index contributed by atoms with van der Waals surface area (Å²) in [5.74, 6) is -0.655. The van der Waals surface area contributed by atoms with Gasteiger partial charge in [-0.05, 0) is 35.0 Å². The number of rotatable bonds is 5. The zero-order valence-corrected chi connectivity index (χ0v) is 13.9. The lowest BCUT2D eigenvalue weighted by molar-refractivity contribution is -0.141. The van der Waals surface area contributed by atoms with Crippen LogP contribution in [0.15, 0.2) is 26.0 Å². The molecule has 0 radical (unpaired) electrons. The van der Waals surface area contributed by atoms with Crippen LogP contribution in [0.25, 0.3) is 0 Å². The standard InChI is InChI=1S/C10H12Br2N2O4S/c1-2-18-9(15)5-14-19(16,17)10-7(12)3-6(11)4-8(10)13/h3-4,14H,2,5,13H2,1H3. The molecule has 19 heavy (non-hydrogen) atoms. The summed E-state index contributed by atoms with van der Waals surface area (Å²) in [7, 11) is -3.90. The molecule has 0 unspecified atom stereocenters. The van der Waals surface area contributed by atoms with Crippen molar-refractivity contribution in [3.8, 4) is 0 Å². The zero-order chi connectivity index (χ0) is 14.6. The number of nitrogens with one attached hydrogen (secondary N) is 1. The van der Waals surface area contributed by atoms with Gasteiger partial charge in [0.25, 0.3) is 0 Å². The molecule has 106 valence electrons. The summed E-state index contributed by atoms with van der Waals surface area (Å²) in [6, 6.07) is 3.01. The van der Waals surface area contributed by atoms with Gasteiger partial charge in [0.2, 0.25) is 10.0 Å². The van der Waals surface area contributed by atoms with Gasteiger partial charge in [-0.25, -0.2) is 8.42 Å². The molecule has 0 aliphatic rings. The molecule has 0 amide bonds. The van der Waals surface area contributed by atoms with Crippen LogP contribution in [0.5, 0.6) is 0 Å². The van der Waals surface area contributed by atoms with E-state index in [1.165, 1.54) is 6.07 Å². The van der Waals surface area contributed by atoms with Gasteiger partial charge in [0.15, 0.2) is 0 Å². The van der Waals surface area contributed by atoms with Gasteiger partial charge in [-0.2, -0.15) is 4.72 Å². The Morgan fingerprint density at radius 2 is 2.05 bits per heavy atom. The van der Waals surface area contributed by atoms with Crippen molar-refractivity contribution < 1.29 is 17.9 Å². The molecule has 1 aromatic rings. The zero-order valence-electron chi connectivity index (χ0n) is 9.94. The molecule has 0 spiro atoms. The molecule has 0 fully saturated rings. The highest BCUT2D eigenvalue weighted by Gasteiger charge is 2.22. The second-order valence-electron chi connectivity index (χ2n) is 3.44. The third kappa shape index (κ3) is 4.44. The summed E-state index contributed by atoms with van der Waals surface area (Å²) in [6.45, 7) is 1.37. The number of carbonyl (C=O) groups excluding carboxylic acids is 1. The maximum atomic E-state index is 12.0. The lowest BCUT2D eigenvalue weighted by atomic mass is 10.3. The van der Waals surface area contributed by atoms with E-state index in [0.717, 1.165) is 0 Å². The van der Waals surface area contributed by atoms with E-state index in [-0.39, 0.29) is 17.2 Å². The molecule has 0 bridgehead atoms. The van der Waals surface area contributed by atoms with E-state index < -0.39 is 22.5 Å². The number of carbonyl (C=O) groups is 1. The van der Waals surface area contributed by atoms with E-state index in [0.29, 0.717) is 8.95 Å². The smallest absolute Gasteiger partial charge is 0.321 e. The van der Waals surface area contributed by atoms with Crippen LogP contribution in [0.1, 0.15) is 6.92 Å². The average molecular weight is 416 g/mol. The highest BCUT2D eigenvalue weighted by molar-refractivity contribution is 9.11. The first-order valence-corrected chi connectivity index (χ1v) is 8.24. The van der Waals surface area contributed by atoms with E-state index in [2.05, 4.69) is 41.3 Å². The van der Waals surface area contributed by atoms with Crippen molar-refractivity contribution in [2.75, 3.05) is 18.9 Å². The third-order valence-electron chi connectivity index (χ3n) is 2.02. The van der Waals surface area contributed by atoms with Crippen molar-refractivity contribution in [1.29, 1.82) is 0 Å². The first-order valence-electron chi connectivity index (χ1n) is 5.17. The lowest BCUT2D eigenvalue weighted by Gasteiger charge is -2.11. The number of hydrogen-bond acceptors (Lipinski definition) is 5. The number of sulfonamides is 1. The summed E-state index contributed by atoms with van der Waals surface area (Å²) in [4.78, 5) is 11.0. The second-order valence-corrected chi connectivity index (χ2v) is 6.91. The minimum atomic E-state index is -3.90. The molecule has 3 N–H and O–H groups in total. The highest BCUT2D eigenvalue weighted by Crippen LogP contribution is 2.31. The molecular weight excluding hydrogens is 404 g/mol. The summed E-state index contributed by atoms with van der Waals surface area (Å²) < 4.78 is 31.8. The van der Waals surface area contributed by atoms with Crippen molar-refractivity contribution in [2.45, 2.75) is 11.8 Å². The molecule has 0 saturated heterocycles. The van der Waals surface area contributed by atoms with Crippen LogP contribution in [-0.2, 0) is 19.6 Å². The molecule has 0 aromatic heterocycles. The summed E-state index contributed by atoms with van der Waals surface area (Å²) in [6.07, 6.45) is 0. The number of hydrogen-bond donors (Lipinski definition) is 2. The van der Waals surface area contributed by atoms with Crippen molar-refractivity contribution >= 4 is 53.5 Å². The van der Waals surface area contributed by atoms with Gasteiger partial charge >= 0.3 is 5.97 Å². The maximum absolute atomic E-state index is 12.0. The molecule has 9 heteroatoms. The fourth-order valence-corrected chi connectivity index (χ4v) is 4.34. The average Bonchev–Trinajstić information content (AvgIpc) is 2.25. The van der Waals surface area contributed by atoms with Crippen molar-refractivity contribution in [3.05, 3.63) is 21.1 Å². The largest absolute Gasteiger partial charge is 0.465 e. The molecular formula is C10H12Br2N2O4S. The van der Waals surface area contributed by atoms with E-state index in [1.54, 1.807) is 13.0 Å². The Hall–Kier alpha value is -0.640. The number of ether oxygens (including phenoxy) is 1.